The zero-order valence-corrected chi connectivity index (χ0v) is 12.2. The van der Waals surface area contributed by atoms with E-state index in [1.54, 1.807) is 0 Å². The van der Waals surface area contributed by atoms with Crippen LogP contribution in [0.2, 0.25) is 0 Å². The largest absolute Gasteiger partial charge is 0.481 e. The lowest BCUT2D eigenvalue weighted by Crippen LogP contribution is -2.39. The normalized spacial score (nSPS) is 17.3. The van der Waals surface area contributed by atoms with E-state index in [0.29, 0.717) is 18.9 Å². The molecule has 1 saturated heterocycles. The Hall–Kier alpha value is -3.24. The standard InChI is InChI=1S/C13H13N3O8/c17-12(18)7-2-1-3-14(6-7)11-9(13(19)20)4-8(15(21)22)5-10(11)16(23)24/h4-5,7H,1-3,6H2,(H,17,18)(H,19,20). The molecule has 11 nitrogen and oxygen atoms in total. The van der Waals surface area contributed by atoms with Crippen molar-refractivity contribution >= 4 is 29.0 Å². The average Bonchev–Trinajstić information content (AvgIpc) is 2.53. The van der Waals surface area contributed by atoms with Gasteiger partial charge in [0.2, 0.25) is 0 Å². The van der Waals surface area contributed by atoms with Gasteiger partial charge >= 0.3 is 11.9 Å². The fraction of sp³-hybridized carbons (Fsp3) is 0.385. The predicted octanol–water partition coefficient (Wildman–Crippen LogP) is 1.50. The van der Waals surface area contributed by atoms with Crippen LogP contribution in [0.1, 0.15) is 23.2 Å². The number of non-ortho nitro benzene ring substituents is 1. The number of piperidine rings is 1. The zero-order valence-electron chi connectivity index (χ0n) is 12.2. The van der Waals surface area contributed by atoms with Crippen molar-refractivity contribution in [2.24, 2.45) is 5.92 Å². The number of hydrogen-bond acceptors (Lipinski definition) is 7. The van der Waals surface area contributed by atoms with E-state index in [4.69, 9.17) is 5.11 Å². The van der Waals surface area contributed by atoms with Crippen molar-refractivity contribution in [1.82, 2.24) is 0 Å². The zero-order chi connectivity index (χ0) is 18.0. The Morgan fingerprint density at radius 2 is 1.83 bits per heavy atom. The number of benzene rings is 1. The van der Waals surface area contributed by atoms with Crippen LogP contribution < -0.4 is 4.90 Å². The Labute approximate surface area is 134 Å². The van der Waals surface area contributed by atoms with Crippen molar-refractivity contribution in [3.05, 3.63) is 37.9 Å². The van der Waals surface area contributed by atoms with Crippen LogP contribution in [0.25, 0.3) is 0 Å². The minimum atomic E-state index is -1.56. The predicted molar refractivity (Wildman–Crippen MR) is 79.3 cm³/mol. The Balaban J connectivity index is 2.62. The molecule has 0 saturated carbocycles. The summed E-state index contributed by atoms with van der Waals surface area (Å²) in [6.07, 6.45) is 0.777. The molecular weight excluding hydrogens is 326 g/mol. The van der Waals surface area contributed by atoms with Gasteiger partial charge in [-0.05, 0) is 12.8 Å². The number of anilines is 1. The average molecular weight is 339 g/mol. The molecule has 11 heteroatoms. The SMILES string of the molecule is O=C(O)c1cc([N+](=O)[O-])cc([N+](=O)[O-])c1N1CCCC(C(=O)O)C1. The molecule has 24 heavy (non-hydrogen) atoms. The highest BCUT2D eigenvalue weighted by Crippen LogP contribution is 2.38. The molecular formula is C13H13N3O8. The van der Waals surface area contributed by atoms with E-state index in [2.05, 4.69) is 0 Å². The highest BCUT2D eigenvalue weighted by atomic mass is 16.6. The number of carboxylic acids is 2. The van der Waals surface area contributed by atoms with Crippen LogP contribution in [0.4, 0.5) is 17.1 Å². The molecule has 0 spiro atoms. The summed E-state index contributed by atoms with van der Waals surface area (Å²) < 4.78 is 0. The Kier molecular flexibility index (Phi) is 4.62. The Morgan fingerprint density at radius 3 is 2.33 bits per heavy atom. The number of rotatable bonds is 5. The first-order chi connectivity index (χ1) is 11.2. The molecule has 0 aliphatic carbocycles. The van der Waals surface area contributed by atoms with Gasteiger partial charge in [-0.25, -0.2) is 4.79 Å². The van der Waals surface area contributed by atoms with Crippen LogP contribution in [-0.4, -0.2) is 45.1 Å². The number of nitro benzene ring substituents is 2. The van der Waals surface area contributed by atoms with E-state index in [0.717, 1.165) is 6.07 Å². The van der Waals surface area contributed by atoms with Gasteiger partial charge in [0.25, 0.3) is 11.4 Å². The molecule has 0 aromatic heterocycles. The topological polar surface area (TPSA) is 164 Å². The maximum atomic E-state index is 11.4. The van der Waals surface area contributed by atoms with E-state index >= 15 is 0 Å². The van der Waals surface area contributed by atoms with Gasteiger partial charge in [-0.3, -0.25) is 25.0 Å². The monoisotopic (exact) mass is 339 g/mol. The van der Waals surface area contributed by atoms with Crippen molar-refractivity contribution in [2.75, 3.05) is 18.0 Å². The second-order valence-electron chi connectivity index (χ2n) is 5.30. The fourth-order valence-electron chi connectivity index (χ4n) is 2.73. The lowest BCUT2D eigenvalue weighted by atomic mass is 9.96. The highest BCUT2D eigenvalue weighted by molar-refractivity contribution is 5.98. The maximum absolute atomic E-state index is 11.4. The lowest BCUT2D eigenvalue weighted by molar-refractivity contribution is -0.393. The molecule has 0 amide bonds. The molecule has 1 aromatic rings. The first-order valence-electron chi connectivity index (χ1n) is 6.90. The van der Waals surface area contributed by atoms with Crippen LogP contribution in [0, 0.1) is 26.1 Å². The first-order valence-corrected chi connectivity index (χ1v) is 6.90. The van der Waals surface area contributed by atoms with E-state index < -0.39 is 44.6 Å². The molecule has 1 heterocycles. The Bertz CT molecular complexity index is 697. The molecule has 0 radical (unpaired) electrons. The third-order valence-corrected chi connectivity index (χ3v) is 3.80. The molecule has 128 valence electrons. The van der Waals surface area contributed by atoms with Gasteiger partial charge in [-0.15, -0.1) is 0 Å². The first kappa shape index (κ1) is 17.1. The number of hydrogen-bond donors (Lipinski definition) is 2. The smallest absolute Gasteiger partial charge is 0.338 e. The van der Waals surface area contributed by atoms with E-state index in [-0.39, 0.29) is 18.8 Å². The van der Waals surface area contributed by atoms with Gasteiger partial charge in [-0.2, -0.15) is 0 Å². The molecule has 2 rings (SSSR count). The van der Waals surface area contributed by atoms with Crippen molar-refractivity contribution < 1.29 is 29.6 Å². The number of nitrogens with zero attached hydrogens (tertiary/aromatic N) is 3. The molecule has 0 bridgehead atoms. The summed E-state index contributed by atoms with van der Waals surface area (Å²) in [6.45, 7) is 0.122. The minimum absolute atomic E-state index is 0.103. The summed E-state index contributed by atoms with van der Waals surface area (Å²) in [7, 11) is 0. The highest BCUT2D eigenvalue weighted by Gasteiger charge is 2.34. The van der Waals surface area contributed by atoms with Crippen LogP contribution in [-0.2, 0) is 4.79 Å². The summed E-state index contributed by atoms with van der Waals surface area (Å²) in [5.74, 6) is -3.44. The lowest BCUT2D eigenvalue weighted by Gasteiger charge is -2.32. The minimum Gasteiger partial charge on any atom is -0.481 e. The third kappa shape index (κ3) is 3.24. The number of nitro groups is 2. The van der Waals surface area contributed by atoms with Crippen LogP contribution >= 0.6 is 0 Å². The van der Waals surface area contributed by atoms with E-state index in [9.17, 15) is 34.9 Å². The van der Waals surface area contributed by atoms with Gasteiger partial charge in [0.05, 0.1) is 27.4 Å². The van der Waals surface area contributed by atoms with Gasteiger partial charge in [0.15, 0.2) is 0 Å². The third-order valence-electron chi connectivity index (χ3n) is 3.80. The van der Waals surface area contributed by atoms with Crippen molar-refractivity contribution in [1.29, 1.82) is 0 Å². The molecule has 1 atom stereocenters. The molecule has 1 aliphatic rings. The maximum Gasteiger partial charge on any atom is 0.338 e. The molecule has 1 unspecified atom stereocenters. The Morgan fingerprint density at radius 1 is 1.17 bits per heavy atom. The molecule has 1 fully saturated rings. The van der Waals surface area contributed by atoms with Gasteiger partial charge in [-0.1, -0.05) is 0 Å². The van der Waals surface area contributed by atoms with E-state index in [1.807, 2.05) is 0 Å². The van der Waals surface area contributed by atoms with Gasteiger partial charge in [0, 0.05) is 19.2 Å². The molecule has 1 aliphatic heterocycles. The second kappa shape index (κ2) is 6.48. The number of carbonyl (C=O) groups is 2. The van der Waals surface area contributed by atoms with Gasteiger partial charge in [0.1, 0.15) is 5.69 Å². The number of aromatic carboxylic acids is 1. The molecule has 2 N–H and O–H groups in total. The van der Waals surface area contributed by atoms with Gasteiger partial charge < -0.3 is 15.1 Å². The number of aliphatic carboxylic acids is 1. The summed E-state index contributed by atoms with van der Waals surface area (Å²) in [5, 5.41) is 40.6. The van der Waals surface area contributed by atoms with Crippen LogP contribution in [0.3, 0.4) is 0 Å². The van der Waals surface area contributed by atoms with Crippen molar-refractivity contribution in [3.63, 3.8) is 0 Å². The summed E-state index contributed by atoms with van der Waals surface area (Å²) in [5.41, 5.74) is -2.34. The second-order valence-corrected chi connectivity index (χ2v) is 5.30. The summed E-state index contributed by atoms with van der Waals surface area (Å²) in [4.78, 5) is 44.2. The van der Waals surface area contributed by atoms with Crippen LogP contribution in [0.5, 0.6) is 0 Å². The van der Waals surface area contributed by atoms with Crippen molar-refractivity contribution in [3.8, 4) is 0 Å². The van der Waals surface area contributed by atoms with Crippen LogP contribution in [0.15, 0.2) is 12.1 Å². The van der Waals surface area contributed by atoms with E-state index in [1.165, 1.54) is 4.90 Å². The summed E-state index contributed by atoms with van der Waals surface area (Å²) >= 11 is 0. The van der Waals surface area contributed by atoms with Crippen molar-refractivity contribution in [2.45, 2.75) is 12.8 Å². The summed E-state index contributed by atoms with van der Waals surface area (Å²) in [6, 6.07) is 1.43. The molecule has 1 aromatic carbocycles. The fourth-order valence-corrected chi connectivity index (χ4v) is 2.73. The quantitative estimate of drug-likeness (QED) is 0.597. The number of carboxylic acid groups (broad SMARTS) is 2.